The Kier molecular flexibility index (Phi) is 8.35. The number of ether oxygens (including phenoxy) is 1. The van der Waals surface area contributed by atoms with Gasteiger partial charge in [0.05, 0.1) is 36.1 Å². The summed E-state index contributed by atoms with van der Waals surface area (Å²) in [6.45, 7) is 4.15. The van der Waals surface area contributed by atoms with Crippen molar-refractivity contribution in [2.24, 2.45) is 24.3 Å². The largest absolute Gasteiger partial charge is 0.494 e. The Balaban J connectivity index is 1.29. The molecule has 0 spiro atoms. The first kappa shape index (κ1) is 33.3. The fraction of sp³-hybridized carbons (Fsp3) is 0.543. The van der Waals surface area contributed by atoms with Crippen molar-refractivity contribution >= 4 is 33.9 Å². The third-order valence-corrected chi connectivity index (χ3v) is 10.8. The molecule has 1 aliphatic carbocycles. The number of pyridine rings is 1. The van der Waals surface area contributed by atoms with Gasteiger partial charge in [-0.3, -0.25) is 9.59 Å². The van der Waals surface area contributed by atoms with Gasteiger partial charge in [-0.25, -0.2) is 14.4 Å². The number of piperidine rings is 1. The highest BCUT2D eigenvalue weighted by Crippen LogP contribution is 2.48. The van der Waals surface area contributed by atoms with Gasteiger partial charge in [0.2, 0.25) is 5.91 Å². The Morgan fingerprint density at radius 1 is 1.14 bits per heavy atom. The Morgan fingerprint density at radius 3 is 2.67 bits per heavy atom. The molecule has 6 atom stereocenters. The zero-order valence-electron chi connectivity index (χ0n) is 28.0. The topological polar surface area (TPSA) is 115 Å². The van der Waals surface area contributed by atoms with Crippen LogP contribution < -0.4 is 20.7 Å². The van der Waals surface area contributed by atoms with Crippen molar-refractivity contribution < 1.29 is 31.9 Å². The van der Waals surface area contributed by atoms with Crippen LogP contribution in [0.15, 0.2) is 30.3 Å². The quantitative estimate of drug-likeness (QED) is 0.242. The molecule has 2 amide bonds. The van der Waals surface area contributed by atoms with E-state index in [1.165, 1.54) is 7.11 Å². The number of carbonyl (C=O) groups is 2. The van der Waals surface area contributed by atoms with Crippen LogP contribution in [-0.4, -0.2) is 69.5 Å². The number of aryl methyl sites for hydroxylation is 1. The molecule has 1 saturated heterocycles. The molecule has 0 unspecified atom stereocenters. The molecule has 10 nitrogen and oxygen atoms in total. The first-order chi connectivity index (χ1) is 23.3. The molecule has 3 aromatic heterocycles. The number of methoxy groups -OCH3 is 1. The van der Waals surface area contributed by atoms with Crippen molar-refractivity contribution in [1.29, 1.82) is 0 Å². The maximum atomic E-state index is 14.5. The second kappa shape index (κ2) is 12.3. The van der Waals surface area contributed by atoms with Crippen molar-refractivity contribution in [2.45, 2.75) is 76.9 Å². The molecule has 3 aliphatic rings. The van der Waals surface area contributed by atoms with Crippen molar-refractivity contribution in [2.75, 3.05) is 20.2 Å². The number of rotatable bonds is 4. The third-order valence-electron chi connectivity index (χ3n) is 10.8. The van der Waals surface area contributed by atoms with E-state index in [2.05, 4.69) is 20.5 Å². The van der Waals surface area contributed by atoms with Crippen molar-refractivity contribution in [3.05, 3.63) is 41.6 Å². The van der Waals surface area contributed by atoms with Crippen LogP contribution in [-0.2, 0) is 18.4 Å². The Bertz CT molecular complexity index is 1940. The summed E-state index contributed by atoms with van der Waals surface area (Å²) in [5.74, 6) is 0.0693. The predicted molar refractivity (Wildman–Crippen MR) is 176 cm³/mol. The van der Waals surface area contributed by atoms with Crippen LogP contribution >= 0.6 is 0 Å². The van der Waals surface area contributed by atoms with Crippen LogP contribution in [0.1, 0.15) is 68.0 Å². The first-order valence-corrected chi connectivity index (χ1v) is 16.9. The summed E-state index contributed by atoms with van der Waals surface area (Å²) in [6, 6.07) is 7.50. The second-order valence-corrected chi connectivity index (χ2v) is 14.1. The van der Waals surface area contributed by atoms with Gasteiger partial charge < -0.3 is 29.8 Å². The van der Waals surface area contributed by atoms with Crippen LogP contribution in [0.25, 0.3) is 33.6 Å². The average molecular weight is 684 g/mol. The van der Waals surface area contributed by atoms with E-state index >= 15 is 0 Å². The summed E-state index contributed by atoms with van der Waals surface area (Å²) in [5, 5.41) is 9.34. The summed E-state index contributed by atoms with van der Waals surface area (Å²) in [5.41, 5.74) is 0.914. The fourth-order valence-corrected chi connectivity index (χ4v) is 7.45. The molecular weight excluding hydrogens is 642 g/mol. The van der Waals surface area contributed by atoms with Crippen LogP contribution in [0.4, 0.5) is 17.6 Å². The minimum atomic E-state index is -4.68. The minimum Gasteiger partial charge on any atom is -0.494 e. The average Bonchev–Trinajstić information content (AvgIpc) is 3.58. The standard InChI is InChI=1S/C35H41F4N7O3/c1-18-24-8-7-20-14-27(46(30(20)42-24)17-22-12-19(22)6-5-10-34(2,33(48)41-18)35(37,38)39)31-43-25-13-21(15-28(49-4)29(25)45(31)3)32(47)44-26-16-40-11-9-23(26)36/h7-8,13-15,18-19,22-23,26,40H,5-6,9-12,16-17H2,1-4H3,(H,41,48)(H,44,47)/t18-,19-,22-,23+,26+,34-/m1/s1. The lowest BCUT2D eigenvalue weighted by molar-refractivity contribution is -0.219. The lowest BCUT2D eigenvalue weighted by Crippen LogP contribution is -2.52. The second-order valence-electron chi connectivity index (χ2n) is 14.1. The number of halogens is 4. The molecule has 0 radical (unpaired) electrons. The number of imidazole rings is 1. The SMILES string of the molecule is COc1cc(C(=O)N[C@H]2CNCC[C@@H]2F)cc2nc(-c3cc4ccc5nc4n3C[C@H]3C[C@H]3CCC[C@@](C)(C(F)(F)F)C(=O)N[C@@H]5C)n(C)c12. The number of hydrogen-bond donors (Lipinski definition) is 3. The first-order valence-electron chi connectivity index (χ1n) is 16.9. The van der Waals surface area contributed by atoms with Crippen LogP contribution in [0.5, 0.6) is 5.75 Å². The molecule has 262 valence electrons. The Morgan fingerprint density at radius 2 is 1.94 bits per heavy atom. The molecule has 4 aromatic rings. The van der Waals surface area contributed by atoms with Gasteiger partial charge >= 0.3 is 6.18 Å². The summed E-state index contributed by atoms with van der Waals surface area (Å²) in [4.78, 5) is 36.3. The molecule has 5 heterocycles. The van der Waals surface area contributed by atoms with Gasteiger partial charge in [0.15, 0.2) is 5.82 Å². The van der Waals surface area contributed by atoms with Crippen molar-refractivity contribution in [3.63, 3.8) is 0 Å². The summed E-state index contributed by atoms with van der Waals surface area (Å²) < 4.78 is 66.9. The van der Waals surface area contributed by atoms with E-state index in [0.717, 1.165) is 24.4 Å². The van der Waals surface area contributed by atoms with E-state index in [0.29, 0.717) is 78.4 Å². The molecular formula is C35H41F4N7O3. The summed E-state index contributed by atoms with van der Waals surface area (Å²) in [6.07, 6.45) is -4.01. The van der Waals surface area contributed by atoms with E-state index < -0.39 is 41.7 Å². The van der Waals surface area contributed by atoms with Gasteiger partial charge in [-0.1, -0.05) is 12.8 Å². The number of aromatic nitrogens is 4. The van der Waals surface area contributed by atoms with Gasteiger partial charge in [0.1, 0.15) is 28.5 Å². The highest BCUT2D eigenvalue weighted by atomic mass is 19.4. The predicted octanol–water partition coefficient (Wildman–Crippen LogP) is 5.59. The Labute approximate surface area is 281 Å². The fourth-order valence-electron chi connectivity index (χ4n) is 7.45. The van der Waals surface area contributed by atoms with Crippen molar-refractivity contribution in [3.8, 4) is 17.3 Å². The number of benzene rings is 1. The van der Waals surface area contributed by atoms with Crippen molar-refractivity contribution in [1.82, 2.24) is 35.1 Å². The molecule has 3 N–H and O–H groups in total. The molecule has 2 bridgehead atoms. The molecule has 2 fully saturated rings. The molecule has 2 aliphatic heterocycles. The molecule has 49 heavy (non-hydrogen) atoms. The third kappa shape index (κ3) is 5.91. The van der Waals surface area contributed by atoms with Crippen LogP contribution in [0.3, 0.4) is 0 Å². The highest BCUT2D eigenvalue weighted by Gasteiger charge is 2.56. The monoisotopic (exact) mass is 683 g/mol. The number of fused-ring (bicyclic) bond motifs is 3. The van der Waals surface area contributed by atoms with Gasteiger partial charge in [-0.2, -0.15) is 13.2 Å². The van der Waals surface area contributed by atoms with E-state index in [1.807, 2.05) is 23.7 Å². The number of carbonyl (C=O) groups excluding carboxylic acids is 2. The molecule has 1 saturated carbocycles. The zero-order chi connectivity index (χ0) is 34.8. The van der Waals surface area contributed by atoms with Gasteiger partial charge in [0.25, 0.3) is 5.91 Å². The summed E-state index contributed by atoms with van der Waals surface area (Å²) in [7, 11) is 3.39. The van der Waals surface area contributed by atoms with E-state index in [-0.39, 0.29) is 18.3 Å². The number of hydrogen-bond acceptors (Lipinski definition) is 6. The zero-order valence-corrected chi connectivity index (χ0v) is 28.0. The van der Waals surface area contributed by atoms with Gasteiger partial charge in [-0.15, -0.1) is 0 Å². The van der Waals surface area contributed by atoms with E-state index in [9.17, 15) is 27.2 Å². The van der Waals surface area contributed by atoms with Gasteiger partial charge in [-0.05, 0) is 81.8 Å². The van der Waals surface area contributed by atoms with Gasteiger partial charge in [0, 0.05) is 31.1 Å². The smallest absolute Gasteiger partial charge is 0.402 e. The number of nitrogens with zero attached hydrogens (tertiary/aromatic N) is 4. The maximum absolute atomic E-state index is 14.5. The van der Waals surface area contributed by atoms with Crippen LogP contribution in [0, 0.1) is 17.3 Å². The Hall–Kier alpha value is -4.20. The lowest BCUT2D eigenvalue weighted by atomic mass is 9.82. The van der Waals surface area contributed by atoms with E-state index in [1.54, 1.807) is 25.1 Å². The lowest BCUT2D eigenvalue weighted by Gasteiger charge is -2.32. The molecule has 7 rings (SSSR count). The molecule has 14 heteroatoms. The number of amides is 2. The minimum absolute atomic E-state index is 0.235. The summed E-state index contributed by atoms with van der Waals surface area (Å²) >= 11 is 0. The number of nitrogens with one attached hydrogen (secondary N) is 3. The van der Waals surface area contributed by atoms with E-state index in [4.69, 9.17) is 14.7 Å². The normalized spacial score (nSPS) is 27.8. The highest BCUT2D eigenvalue weighted by molar-refractivity contribution is 6.00. The van der Waals surface area contributed by atoms with Crippen LogP contribution in [0.2, 0.25) is 0 Å². The number of alkyl halides is 4. The molecule has 1 aromatic carbocycles. The maximum Gasteiger partial charge on any atom is 0.402 e.